The Kier molecular flexibility index (Phi) is 20.5. The van der Waals surface area contributed by atoms with Crippen LogP contribution < -0.4 is 10.6 Å². The Bertz CT molecular complexity index is 289. The highest BCUT2D eigenvalue weighted by atomic mass is 15.2. The van der Waals surface area contributed by atoms with Crippen LogP contribution in [0.4, 0.5) is 0 Å². The monoisotopic (exact) mass is 424 g/mol. The molecule has 1 heterocycles. The van der Waals surface area contributed by atoms with Crippen LogP contribution in [0, 0.1) is 0 Å². The van der Waals surface area contributed by atoms with Gasteiger partial charge in [-0.15, -0.1) is 0 Å². The third kappa shape index (κ3) is 17.5. The van der Waals surface area contributed by atoms with Crippen molar-refractivity contribution in [3.63, 3.8) is 0 Å². The highest BCUT2D eigenvalue weighted by molar-refractivity contribution is 4.66. The smallest absolute Gasteiger partial charge is 0.0107 e. The molecule has 2 N–H and O–H groups in total. The van der Waals surface area contributed by atoms with Crippen molar-refractivity contribution < 1.29 is 0 Å². The fourth-order valence-electron chi connectivity index (χ4n) is 4.48. The highest BCUT2D eigenvalue weighted by Gasteiger charge is 2.08. The second-order valence-electron chi connectivity index (χ2n) is 9.43. The first-order valence-corrected chi connectivity index (χ1v) is 13.7. The van der Waals surface area contributed by atoms with E-state index in [0.717, 1.165) is 13.1 Å². The van der Waals surface area contributed by atoms with E-state index in [4.69, 9.17) is 0 Å². The maximum atomic E-state index is 3.71. The second-order valence-corrected chi connectivity index (χ2v) is 9.43. The van der Waals surface area contributed by atoms with Crippen LogP contribution in [0.5, 0.6) is 0 Å². The van der Waals surface area contributed by atoms with Crippen LogP contribution in [0.1, 0.15) is 104 Å². The molecule has 0 amide bonds. The van der Waals surface area contributed by atoms with Crippen molar-refractivity contribution in [2.24, 2.45) is 0 Å². The van der Waals surface area contributed by atoms with Crippen LogP contribution in [-0.2, 0) is 0 Å². The molecule has 4 heteroatoms. The van der Waals surface area contributed by atoms with Crippen LogP contribution in [0.2, 0.25) is 0 Å². The summed E-state index contributed by atoms with van der Waals surface area (Å²) in [5.74, 6) is 0. The maximum Gasteiger partial charge on any atom is 0.0107 e. The zero-order chi connectivity index (χ0) is 21.5. The second kappa shape index (κ2) is 22.0. The molecule has 1 aliphatic rings. The summed E-state index contributed by atoms with van der Waals surface area (Å²) in [7, 11) is 0. The quantitative estimate of drug-likeness (QED) is 0.371. The van der Waals surface area contributed by atoms with Crippen LogP contribution in [0.25, 0.3) is 0 Å². The summed E-state index contributed by atoms with van der Waals surface area (Å²) in [6.45, 7) is 16.8. The number of nitrogens with one attached hydrogen (secondary N) is 2. The molecule has 1 aliphatic heterocycles. The lowest BCUT2D eigenvalue weighted by molar-refractivity contribution is 0.243. The van der Waals surface area contributed by atoms with Gasteiger partial charge in [0.05, 0.1) is 0 Å². The lowest BCUT2D eigenvalue weighted by Crippen LogP contribution is -2.38. The Labute approximate surface area is 189 Å². The fourth-order valence-corrected chi connectivity index (χ4v) is 4.48. The summed E-state index contributed by atoms with van der Waals surface area (Å²) < 4.78 is 0. The number of rotatable bonds is 14. The van der Waals surface area contributed by atoms with E-state index in [9.17, 15) is 0 Å². The SMILES string of the molecule is CCCCCCCCN1CCCNCCN(CCCCCCCC)CCCNCC1. The van der Waals surface area contributed by atoms with Crippen molar-refractivity contribution in [1.29, 1.82) is 0 Å². The molecule has 0 aromatic heterocycles. The van der Waals surface area contributed by atoms with Gasteiger partial charge in [0.25, 0.3) is 0 Å². The number of hydrogen-bond acceptors (Lipinski definition) is 4. The number of unbranched alkanes of at least 4 members (excludes halogenated alkanes) is 10. The summed E-state index contributed by atoms with van der Waals surface area (Å²) in [5, 5.41) is 7.43. The van der Waals surface area contributed by atoms with Gasteiger partial charge in [0, 0.05) is 26.2 Å². The Morgan fingerprint density at radius 2 is 0.867 bits per heavy atom. The Morgan fingerprint density at radius 1 is 0.467 bits per heavy atom. The summed E-state index contributed by atoms with van der Waals surface area (Å²) in [6, 6.07) is 0. The van der Waals surface area contributed by atoms with Crippen molar-refractivity contribution in [1.82, 2.24) is 20.4 Å². The first-order valence-electron chi connectivity index (χ1n) is 13.7. The van der Waals surface area contributed by atoms with Crippen molar-refractivity contribution >= 4 is 0 Å². The van der Waals surface area contributed by atoms with Gasteiger partial charge in [-0.3, -0.25) is 0 Å². The van der Waals surface area contributed by atoms with Gasteiger partial charge in [-0.1, -0.05) is 78.1 Å². The summed E-state index contributed by atoms with van der Waals surface area (Å²) in [4.78, 5) is 5.40. The van der Waals surface area contributed by atoms with Crippen molar-refractivity contribution in [3.8, 4) is 0 Å². The molecule has 1 fully saturated rings. The van der Waals surface area contributed by atoms with Gasteiger partial charge in [-0.2, -0.15) is 0 Å². The molecule has 0 bridgehead atoms. The molecular formula is C26H56N4. The normalized spacial score (nSPS) is 19.0. The van der Waals surface area contributed by atoms with E-state index in [1.807, 2.05) is 0 Å². The first-order chi connectivity index (χ1) is 14.9. The topological polar surface area (TPSA) is 30.5 Å². The van der Waals surface area contributed by atoms with Crippen LogP contribution in [-0.4, -0.2) is 75.2 Å². The average molecular weight is 425 g/mol. The van der Waals surface area contributed by atoms with Gasteiger partial charge in [-0.05, 0) is 65.0 Å². The minimum absolute atomic E-state index is 1.15. The predicted molar refractivity (Wildman–Crippen MR) is 135 cm³/mol. The van der Waals surface area contributed by atoms with Crippen molar-refractivity contribution in [2.75, 3.05) is 65.4 Å². The van der Waals surface area contributed by atoms with E-state index in [1.54, 1.807) is 0 Å². The minimum atomic E-state index is 1.15. The van der Waals surface area contributed by atoms with Crippen LogP contribution >= 0.6 is 0 Å². The number of hydrogen-bond donors (Lipinski definition) is 2. The average Bonchev–Trinajstić information content (AvgIpc) is 2.76. The molecule has 0 saturated carbocycles. The Hall–Kier alpha value is -0.160. The van der Waals surface area contributed by atoms with Gasteiger partial charge in [0.2, 0.25) is 0 Å². The zero-order valence-corrected chi connectivity index (χ0v) is 20.9. The van der Waals surface area contributed by atoms with Gasteiger partial charge in [0.1, 0.15) is 0 Å². The molecule has 4 nitrogen and oxygen atoms in total. The van der Waals surface area contributed by atoms with E-state index >= 15 is 0 Å². The lowest BCUT2D eigenvalue weighted by atomic mass is 10.1. The van der Waals surface area contributed by atoms with E-state index in [1.165, 1.54) is 142 Å². The van der Waals surface area contributed by atoms with Crippen LogP contribution in [0.15, 0.2) is 0 Å². The molecule has 0 atom stereocenters. The molecule has 0 aromatic carbocycles. The van der Waals surface area contributed by atoms with E-state index in [2.05, 4.69) is 34.3 Å². The van der Waals surface area contributed by atoms with Gasteiger partial charge >= 0.3 is 0 Å². The largest absolute Gasteiger partial charge is 0.315 e. The molecule has 0 unspecified atom stereocenters. The maximum absolute atomic E-state index is 3.71. The summed E-state index contributed by atoms with van der Waals surface area (Å²) >= 11 is 0. The van der Waals surface area contributed by atoms with E-state index in [-0.39, 0.29) is 0 Å². The molecule has 30 heavy (non-hydrogen) atoms. The molecule has 180 valence electrons. The van der Waals surface area contributed by atoms with Crippen molar-refractivity contribution in [3.05, 3.63) is 0 Å². The van der Waals surface area contributed by atoms with E-state index in [0.29, 0.717) is 0 Å². The van der Waals surface area contributed by atoms with Crippen molar-refractivity contribution in [2.45, 2.75) is 104 Å². The fraction of sp³-hybridized carbons (Fsp3) is 1.00. The van der Waals surface area contributed by atoms with Gasteiger partial charge in [-0.25, -0.2) is 0 Å². The predicted octanol–water partition coefficient (Wildman–Crippen LogP) is 5.28. The van der Waals surface area contributed by atoms with E-state index < -0.39 is 0 Å². The van der Waals surface area contributed by atoms with Crippen LogP contribution in [0.3, 0.4) is 0 Å². The molecule has 0 radical (unpaired) electrons. The molecule has 1 saturated heterocycles. The summed E-state index contributed by atoms with van der Waals surface area (Å²) in [6.07, 6.45) is 19.4. The Balaban J connectivity index is 2.18. The standard InChI is InChI=1S/C26H56N4/c1-3-5-7-9-11-13-21-29-23-15-17-28-20-26-30(24-16-18-27-19-25-29)22-14-12-10-8-6-4-2/h27-28H,3-26H2,1-2H3. The third-order valence-corrected chi connectivity index (χ3v) is 6.52. The third-order valence-electron chi connectivity index (χ3n) is 6.52. The molecule has 0 spiro atoms. The molecule has 1 rings (SSSR count). The highest BCUT2D eigenvalue weighted by Crippen LogP contribution is 2.07. The minimum Gasteiger partial charge on any atom is -0.315 e. The molecule has 0 aliphatic carbocycles. The first kappa shape index (κ1) is 27.9. The van der Waals surface area contributed by atoms with Gasteiger partial charge in [0.15, 0.2) is 0 Å². The number of nitrogens with zero attached hydrogens (tertiary/aromatic N) is 2. The zero-order valence-electron chi connectivity index (χ0n) is 20.9. The summed E-state index contributed by atoms with van der Waals surface area (Å²) in [5.41, 5.74) is 0. The Morgan fingerprint density at radius 3 is 1.30 bits per heavy atom. The molecular weight excluding hydrogens is 368 g/mol. The van der Waals surface area contributed by atoms with Gasteiger partial charge < -0.3 is 20.4 Å². The lowest BCUT2D eigenvalue weighted by Gasteiger charge is -2.25. The molecule has 0 aromatic rings.